The fourth-order valence-electron chi connectivity index (χ4n) is 2.98. The van der Waals surface area contributed by atoms with Crippen LogP contribution in [0.4, 0.5) is 0 Å². The van der Waals surface area contributed by atoms with Crippen LogP contribution in [0.25, 0.3) is 11.0 Å². The van der Waals surface area contributed by atoms with Crippen molar-refractivity contribution in [2.75, 3.05) is 13.2 Å². The van der Waals surface area contributed by atoms with Crippen molar-refractivity contribution in [3.8, 4) is 0 Å². The summed E-state index contributed by atoms with van der Waals surface area (Å²) in [5, 5.41) is 0.356. The second-order valence-corrected chi connectivity index (χ2v) is 6.10. The van der Waals surface area contributed by atoms with E-state index in [1.165, 1.54) is 9.13 Å². The standard InChI is InChI=1S/C20H23N3O4/c1-4-26-19(27-5-2)15-11-16-17(21-12-15)22(3)20(25)23(18(16)24)13-14-9-7-6-8-10-14/h6-12,19H,4-5,13H2,1-3H3. The molecule has 0 aliphatic carbocycles. The van der Waals surface area contributed by atoms with Crippen molar-refractivity contribution in [3.05, 3.63) is 74.6 Å². The van der Waals surface area contributed by atoms with Crippen LogP contribution < -0.4 is 11.2 Å². The largest absolute Gasteiger partial charge is 0.349 e. The normalized spacial score (nSPS) is 11.4. The zero-order valence-corrected chi connectivity index (χ0v) is 15.7. The number of nitrogens with zero attached hydrogens (tertiary/aromatic N) is 3. The Kier molecular flexibility index (Phi) is 5.83. The minimum absolute atomic E-state index is 0.201. The number of pyridine rings is 1. The molecule has 3 rings (SSSR count). The highest BCUT2D eigenvalue weighted by Crippen LogP contribution is 2.20. The van der Waals surface area contributed by atoms with E-state index in [0.717, 1.165) is 5.56 Å². The molecule has 0 unspecified atom stereocenters. The van der Waals surface area contributed by atoms with Gasteiger partial charge in [0.2, 0.25) is 0 Å². The van der Waals surface area contributed by atoms with E-state index in [1.54, 1.807) is 19.3 Å². The summed E-state index contributed by atoms with van der Waals surface area (Å²) in [7, 11) is 1.61. The average Bonchev–Trinajstić information content (AvgIpc) is 2.70. The molecule has 3 aromatic rings. The summed E-state index contributed by atoms with van der Waals surface area (Å²) < 4.78 is 13.8. The Hall–Kier alpha value is -2.77. The van der Waals surface area contributed by atoms with Crippen LogP contribution in [0.15, 0.2) is 52.2 Å². The number of rotatable bonds is 7. The predicted molar refractivity (Wildman–Crippen MR) is 103 cm³/mol. The van der Waals surface area contributed by atoms with Gasteiger partial charge in [-0.1, -0.05) is 30.3 Å². The van der Waals surface area contributed by atoms with Gasteiger partial charge in [-0.3, -0.25) is 13.9 Å². The number of ether oxygens (including phenoxy) is 2. The molecule has 0 fully saturated rings. The maximum Gasteiger partial charge on any atom is 0.332 e. The van der Waals surface area contributed by atoms with Crippen molar-refractivity contribution in [2.24, 2.45) is 7.05 Å². The van der Waals surface area contributed by atoms with Crippen LogP contribution in [0.1, 0.15) is 31.3 Å². The van der Waals surface area contributed by atoms with Gasteiger partial charge in [-0.25, -0.2) is 9.78 Å². The summed E-state index contributed by atoms with van der Waals surface area (Å²) in [6, 6.07) is 11.1. The van der Waals surface area contributed by atoms with E-state index in [1.807, 2.05) is 44.2 Å². The first-order chi connectivity index (χ1) is 13.1. The monoisotopic (exact) mass is 369 g/mol. The molecular formula is C20H23N3O4. The number of aromatic nitrogens is 3. The Labute approximate surface area is 156 Å². The van der Waals surface area contributed by atoms with Crippen molar-refractivity contribution < 1.29 is 9.47 Å². The highest BCUT2D eigenvalue weighted by Gasteiger charge is 2.17. The minimum atomic E-state index is -0.601. The third-order valence-electron chi connectivity index (χ3n) is 4.29. The van der Waals surface area contributed by atoms with Gasteiger partial charge in [-0.05, 0) is 25.5 Å². The number of hydrogen-bond donors (Lipinski definition) is 0. The maximum atomic E-state index is 13.0. The molecule has 7 nitrogen and oxygen atoms in total. The lowest BCUT2D eigenvalue weighted by atomic mass is 10.2. The van der Waals surface area contributed by atoms with E-state index in [9.17, 15) is 9.59 Å². The van der Waals surface area contributed by atoms with Crippen LogP contribution in [-0.4, -0.2) is 27.3 Å². The van der Waals surface area contributed by atoms with Gasteiger partial charge in [0.25, 0.3) is 5.56 Å². The van der Waals surface area contributed by atoms with Crippen LogP contribution >= 0.6 is 0 Å². The second kappa shape index (κ2) is 8.28. The van der Waals surface area contributed by atoms with Gasteiger partial charge in [0.15, 0.2) is 6.29 Å². The molecule has 7 heteroatoms. The molecule has 0 radical (unpaired) electrons. The molecule has 0 bridgehead atoms. The molecule has 0 amide bonds. The number of benzene rings is 1. The summed E-state index contributed by atoms with van der Waals surface area (Å²) in [6.07, 6.45) is 0.981. The first-order valence-electron chi connectivity index (χ1n) is 8.93. The van der Waals surface area contributed by atoms with Crippen molar-refractivity contribution in [1.82, 2.24) is 14.1 Å². The quantitative estimate of drug-likeness (QED) is 0.597. The minimum Gasteiger partial charge on any atom is -0.349 e. The van der Waals surface area contributed by atoms with Gasteiger partial charge < -0.3 is 9.47 Å². The van der Waals surface area contributed by atoms with E-state index in [4.69, 9.17) is 9.47 Å². The summed E-state index contributed by atoms with van der Waals surface area (Å²) >= 11 is 0. The molecule has 0 aliphatic heterocycles. The second-order valence-electron chi connectivity index (χ2n) is 6.10. The van der Waals surface area contributed by atoms with E-state index in [2.05, 4.69) is 4.98 Å². The molecule has 27 heavy (non-hydrogen) atoms. The van der Waals surface area contributed by atoms with E-state index in [-0.39, 0.29) is 12.1 Å². The molecule has 142 valence electrons. The number of fused-ring (bicyclic) bond motifs is 1. The molecule has 0 aliphatic rings. The Morgan fingerprint density at radius 2 is 1.74 bits per heavy atom. The highest BCUT2D eigenvalue weighted by atomic mass is 16.7. The van der Waals surface area contributed by atoms with Crippen LogP contribution in [0.3, 0.4) is 0 Å². The summed E-state index contributed by atoms with van der Waals surface area (Å²) in [6.45, 7) is 4.88. The van der Waals surface area contributed by atoms with Crippen LogP contribution in [0.5, 0.6) is 0 Å². The van der Waals surface area contributed by atoms with Gasteiger partial charge in [-0.2, -0.15) is 0 Å². The lowest BCUT2D eigenvalue weighted by Gasteiger charge is -2.18. The number of aryl methyl sites for hydroxylation is 1. The van der Waals surface area contributed by atoms with E-state index >= 15 is 0 Å². The van der Waals surface area contributed by atoms with Crippen LogP contribution in [0.2, 0.25) is 0 Å². The molecule has 2 aromatic heterocycles. The first kappa shape index (κ1) is 19.0. The van der Waals surface area contributed by atoms with Gasteiger partial charge >= 0.3 is 5.69 Å². The SMILES string of the molecule is CCOC(OCC)c1cnc2c(c1)c(=O)n(Cc1ccccc1)c(=O)n2C. The molecule has 0 saturated heterocycles. The van der Waals surface area contributed by atoms with Crippen LogP contribution in [-0.2, 0) is 23.1 Å². The van der Waals surface area contributed by atoms with E-state index < -0.39 is 12.0 Å². The summed E-state index contributed by atoms with van der Waals surface area (Å²) in [5.74, 6) is 0. The van der Waals surface area contributed by atoms with Gasteiger partial charge in [-0.15, -0.1) is 0 Å². The summed E-state index contributed by atoms with van der Waals surface area (Å²) in [5.41, 5.74) is 1.08. The van der Waals surface area contributed by atoms with Crippen molar-refractivity contribution >= 4 is 11.0 Å². The fraction of sp³-hybridized carbons (Fsp3) is 0.350. The predicted octanol–water partition coefficient (Wildman–Crippen LogP) is 2.22. The lowest BCUT2D eigenvalue weighted by Crippen LogP contribution is -2.39. The van der Waals surface area contributed by atoms with Crippen molar-refractivity contribution in [2.45, 2.75) is 26.7 Å². The summed E-state index contributed by atoms with van der Waals surface area (Å²) in [4.78, 5) is 30.0. The van der Waals surface area contributed by atoms with Gasteiger partial charge in [0, 0.05) is 32.0 Å². The first-order valence-corrected chi connectivity index (χ1v) is 8.93. The Balaban J connectivity index is 2.15. The van der Waals surface area contributed by atoms with Crippen molar-refractivity contribution in [3.63, 3.8) is 0 Å². The van der Waals surface area contributed by atoms with Gasteiger partial charge in [0.1, 0.15) is 5.65 Å². The fourth-order valence-corrected chi connectivity index (χ4v) is 2.98. The zero-order chi connectivity index (χ0) is 19.4. The topological polar surface area (TPSA) is 75.3 Å². The highest BCUT2D eigenvalue weighted by molar-refractivity contribution is 5.74. The third-order valence-corrected chi connectivity index (χ3v) is 4.29. The molecule has 0 atom stereocenters. The van der Waals surface area contributed by atoms with Gasteiger partial charge in [0.05, 0.1) is 11.9 Å². The Morgan fingerprint density at radius 1 is 1.07 bits per heavy atom. The Bertz CT molecular complexity index is 1030. The lowest BCUT2D eigenvalue weighted by molar-refractivity contribution is -0.140. The maximum absolute atomic E-state index is 13.0. The molecular weight excluding hydrogens is 346 g/mol. The zero-order valence-electron chi connectivity index (χ0n) is 15.7. The number of hydrogen-bond acceptors (Lipinski definition) is 5. The van der Waals surface area contributed by atoms with E-state index in [0.29, 0.717) is 29.8 Å². The molecule has 0 saturated carbocycles. The molecule has 1 aromatic carbocycles. The molecule has 0 N–H and O–H groups in total. The molecule has 0 spiro atoms. The Morgan fingerprint density at radius 3 is 2.37 bits per heavy atom. The van der Waals surface area contributed by atoms with Crippen LogP contribution in [0, 0.1) is 0 Å². The average molecular weight is 369 g/mol. The van der Waals surface area contributed by atoms with Crippen molar-refractivity contribution in [1.29, 1.82) is 0 Å². The smallest absolute Gasteiger partial charge is 0.332 e. The molecule has 2 heterocycles. The third kappa shape index (κ3) is 3.84.